The van der Waals surface area contributed by atoms with Gasteiger partial charge in [-0.3, -0.25) is 4.79 Å². The van der Waals surface area contributed by atoms with Crippen LogP contribution in [0, 0.1) is 0 Å². The van der Waals surface area contributed by atoms with E-state index in [0.717, 1.165) is 19.3 Å². The van der Waals surface area contributed by atoms with E-state index in [9.17, 15) is 61.0 Å². The second kappa shape index (κ2) is 39.6. The maximum atomic E-state index is 12.6. The third-order valence-corrected chi connectivity index (χ3v) is 14.5. The van der Waals surface area contributed by atoms with E-state index in [1.807, 2.05) is 13.0 Å². The highest BCUT2D eigenvalue weighted by Gasteiger charge is 2.53. The summed E-state index contributed by atoms with van der Waals surface area (Å²) in [6.07, 6.45) is 14.1. The number of carbonyl (C=O) groups excluding carboxylic acids is 1. The Hall–Kier alpha value is -1.73. The summed E-state index contributed by atoms with van der Waals surface area (Å²) in [5, 5.41) is 119. The van der Waals surface area contributed by atoms with Crippen LogP contribution in [0.4, 0.5) is 0 Å². The van der Waals surface area contributed by atoms with E-state index < -0.39 is 124 Å². The van der Waals surface area contributed by atoms with Gasteiger partial charge in [0.25, 0.3) is 0 Å². The minimum atomic E-state index is -1.98. The minimum absolute atomic E-state index is 0.186. The maximum absolute atomic E-state index is 12.6. The molecule has 3 aliphatic heterocycles. The standard InChI is InChI=1S/C55H101NO18/c1-3-5-6-7-8-9-10-11-12-13-14-15-16-17-18-19-20-21-22-23-24-25-26-27-28-29-30-31-33-39(60)38(56-43(61)32-4-2)37-69-53-49(67)46(64)51(41(35-58)71-53)74-55-50(68)47(65)52(42(36-59)72-55)73-54-48(66)45(63)44(62)40(34-57)70-54/h27-28,31,33,38-42,44-55,57-60,62-68H,3-26,29-30,32,34-37H2,1-2H3,(H,56,61)/b28-27+,33-31+. The number of allylic oxidation sites excluding steroid dienone is 3. The molecule has 0 aromatic carbocycles. The van der Waals surface area contributed by atoms with Crippen LogP contribution in [0.1, 0.15) is 187 Å². The molecule has 0 aromatic heterocycles. The summed E-state index contributed by atoms with van der Waals surface area (Å²) in [7, 11) is 0. The van der Waals surface area contributed by atoms with Gasteiger partial charge in [0.1, 0.15) is 73.2 Å². The number of nitrogens with one attached hydrogen (secondary N) is 1. The van der Waals surface area contributed by atoms with Crippen molar-refractivity contribution in [1.82, 2.24) is 5.32 Å². The number of ether oxygens (including phenoxy) is 6. The zero-order valence-corrected chi connectivity index (χ0v) is 44.8. The molecule has 0 bridgehead atoms. The molecule has 3 aliphatic rings. The Balaban J connectivity index is 1.33. The zero-order chi connectivity index (χ0) is 54.1. The Morgan fingerprint density at radius 2 is 0.865 bits per heavy atom. The molecule has 17 atom stereocenters. The first kappa shape index (κ1) is 66.5. The average Bonchev–Trinajstić information content (AvgIpc) is 3.39. The molecule has 74 heavy (non-hydrogen) atoms. The molecule has 3 rings (SSSR count). The summed E-state index contributed by atoms with van der Waals surface area (Å²) in [6.45, 7) is 1.31. The number of amides is 1. The second-order valence-corrected chi connectivity index (χ2v) is 20.8. The summed E-state index contributed by atoms with van der Waals surface area (Å²) < 4.78 is 33.8. The topological polar surface area (TPSA) is 307 Å². The normalized spacial score (nSPS) is 31.6. The number of aliphatic hydroxyl groups excluding tert-OH is 11. The Morgan fingerprint density at radius 3 is 1.32 bits per heavy atom. The van der Waals surface area contributed by atoms with Gasteiger partial charge in [-0.2, -0.15) is 0 Å². The number of rotatable bonds is 41. The molecule has 0 saturated carbocycles. The van der Waals surface area contributed by atoms with Crippen LogP contribution in [-0.4, -0.2) is 193 Å². The first-order valence-electron chi connectivity index (χ1n) is 28.6. The van der Waals surface area contributed by atoms with Gasteiger partial charge >= 0.3 is 0 Å². The predicted molar refractivity (Wildman–Crippen MR) is 277 cm³/mol. The zero-order valence-electron chi connectivity index (χ0n) is 44.8. The number of hydrogen-bond acceptors (Lipinski definition) is 18. The smallest absolute Gasteiger partial charge is 0.220 e. The molecule has 434 valence electrons. The van der Waals surface area contributed by atoms with E-state index in [4.69, 9.17) is 28.4 Å². The summed E-state index contributed by atoms with van der Waals surface area (Å²) in [5.74, 6) is -0.339. The number of hydrogen-bond donors (Lipinski definition) is 12. The molecule has 3 heterocycles. The van der Waals surface area contributed by atoms with Gasteiger partial charge in [0.15, 0.2) is 18.9 Å². The summed E-state index contributed by atoms with van der Waals surface area (Å²) in [6, 6.07) is -0.981. The Kier molecular flexibility index (Phi) is 35.6. The number of carbonyl (C=O) groups is 1. The Bertz CT molecular complexity index is 1460. The van der Waals surface area contributed by atoms with Gasteiger partial charge in [-0.1, -0.05) is 173 Å². The number of aliphatic hydroxyl groups is 11. The monoisotopic (exact) mass is 1060 g/mol. The van der Waals surface area contributed by atoms with Crippen molar-refractivity contribution >= 4 is 5.91 Å². The van der Waals surface area contributed by atoms with Gasteiger partial charge in [-0.15, -0.1) is 0 Å². The van der Waals surface area contributed by atoms with E-state index in [1.165, 1.54) is 135 Å². The molecule has 19 heteroatoms. The third-order valence-electron chi connectivity index (χ3n) is 14.5. The first-order chi connectivity index (χ1) is 35.8. The van der Waals surface area contributed by atoms with Crippen molar-refractivity contribution in [2.24, 2.45) is 0 Å². The van der Waals surface area contributed by atoms with Gasteiger partial charge in [0, 0.05) is 6.42 Å². The first-order valence-corrected chi connectivity index (χ1v) is 28.6. The quantitative estimate of drug-likeness (QED) is 0.0304. The van der Waals surface area contributed by atoms with Crippen LogP contribution in [0.15, 0.2) is 24.3 Å². The fourth-order valence-corrected chi connectivity index (χ4v) is 9.78. The van der Waals surface area contributed by atoms with Gasteiger partial charge in [-0.05, 0) is 32.1 Å². The minimum Gasteiger partial charge on any atom is -0.394 e. The van der Waals surface area contributed by atoms with Gasteiger partial charge in [0.05, 0.1) is 38.6 Å². The van der Waals surface area contributed by atoms with E-state index in [2.05, 4.69) is 24.4 Å². The second-order valence-electron chi connectivity index (χ2n) is 20.8. The van der Waals surface area contributed by atoms with Crippen LogP contribution in [0.2, 0.25) is 0 Å². The van der Waals surface area contributed by atoms with Crippen LogP contribution in [0.3, 0.4) is 0 Å². The van der Waals surface area contributed by atoms with E-state index >= 15 is 0 Å². The molecule has 0 radical (unpaired) electrons. The van der Waals surface area contributed by atoms with E-state index in [0.29, 0.717) is 12.8 Å². The molecule has 3 saturated heterocycles. The maximum Gasteiger partial charge on any atom is 0.220 e. The molecule has 0 aliphatic carbocycles. The van der Waals surface area contributed by atoms with Crippen molar-refractivity contribution in [1.29, 1.82) is 0 Å². The van der Waals surface area contributed by atoms with Gasteiger partial charge in [-0.25, -0.2) is 0 Å². The molecule has 1 amide bonds. The summed E-state index contributed by atoms with van der Waals surface area (Å²) in [4.78, 5) is 12.6. The van der Waals surface area contributed by atoms with Crippen molar-refractivity contribution in [2.75, 3.05) is 26.4 Å². The Labute approximate surface area is 441 Å². The Morgan fingerprint density at radius 1 is 0.473 bits per heavy atom. The van der Waals surface area contributed by atoms with Crippen molar-refractivity contribution in [3.8, 4) is 0 Å². The molecule has 12 N–H and O–H groups in total. The lowest BCUT2D eigenvalue weighted by Gasteiger charge is -2.48. The summed E-state index contributed by atoms with van der Waals surface area (Å²) in [5.41, 5.74) is 0. The lowest BCUT2D eigenvalue weighted by Crippen LogP contribution is -2.66. The molecule has 0 aromatic rings. The van der Waals surface area contributed by atoms with Crippen molar-refractivity contribution in [3.63, 3.8) is 0 Å². The molecule has 0 spiro atoms. The molecule has 17 unspecified atom stereocenters. The SMILES string of the molecule is CCCCCCCCCCCCCCCCCCCCCCCC/C=C/CC/C=C/C(O)C(COC1OC(CO)C(OC2OC(CO)C(OC3OC(CO)C(O)C(O)C3O)C(O)C2O)C(O)C1O)NC(=O)CCC. The van der Waals surface area contributed by atoms with Crippen LogP contribution in [-0.2, 0) is 33.2 Å². The van der Waals surface area contributed by atoms with Crippen molar-refractivity contribution < 1.29 is 89.4 Å². The van der Waals surface area contributed by atoms with Gasteiger partial charge < -0.3 is 89.9 Å². The fraction of sp³-hybridized carbons (Fsp3) is 0.909. The highest BCUT2D eigenvalue weighted by Crippen LogP contribution is 2.33. The van der Waals surface area contributed by atoms with Crippen LogP contribution in [0.5, 0.6) is 0 Å². The van der Waals surface area contributed by atoms with Gasteiger partial charge in [0.2, 0.25) is 5.91 Å². The largest absolute Gasteiger partial charge is 0.394 e. The van der Waals surface area contributed by atoms with Crippen LogP contribution in [0.25, 0.3) is 0 Å². The van der Waals surface area contributed by atoms with Crippen molar-refractivity contribution in [2.45, 2.75) is 291 Å². The summed E-state index contributed by atoms with van der Waals surface area (Å²) >= 11 is 0. The lowest BCUT2D eigenvalue weighted by atomic mass is 9.96. The predicted octanol–water partition coefficient (Wildman–Crippen LogP) is 3.98. The van der Waals surface area contributed by atoms with E-state index in [-0.39, 0.29) is 18.9 Å². The van der Waals surface area contributed by atoms with E-state index in [1.54, 1.807) is 6.08 Å². The molecular formula is C55H101NO18. The third kappa shape index (κ3) is 24.1. The number of unbranched alkanes of at least 4 members (excludes halogenated alkanes) is 23. The van der Waals surface area contributed by atoms with Crippen LogP contribution >= 0.6 is 0 Å². The lowest BCUT2D eigenvalue weighted by molar-refractivity contribution is -0.379. The fourth-order valence-electron chi connectivity index (χ4n) is 9.78. The average molecular weight is 1060 g/mol. The molecule has 3 fully saturated rings. The van der Waals surface area contributed by atoms with Crippen LogP contribution < -0.4 is 5.32 Å². The molecule has 19 nitrogen and oxygen atoms in total. The highest BCUT2D eigenvalue weighted by atomic mass is 16.8. The van der Waals surface area contributed by atoms with Crippen molar-refractivity contribution in [3.05, 3.63) is 24.3 Å². The highest BCUT2D eigenvalue weighted by molar-refractivity contribution is 5.76. The molecular weight excluding hydrogens is 963 g/mol.